The Morgan fingerprint density at radius 2 is 1.50 bits per heavy atom. The predicted molar refractivity (Wildman–Crippen MR) is 57.7 cm³/mol. The third-order valence-corrected chi connectivity index (χ3v) is 2.00. The number of thiol groups is 1. The highest BCUT2D eigenvalue weighted by Crippen LogP contribution is 2.00. The van der Waals surface area contributed by atoms with Crippen molar-refractivity contribution >= 4 is 41.1 Å². The Bertz CT molecular complexity index is 226. The summed E-state index contributed by atoms with van der Waals surface area (Å²) in [4.78, 5) is 22.0. The van der Waals surface area contributed by atoms with E-state index < -0.39 is 11.9 Å². The van der Waals surface area contributed by atoms with Crippen molar-refractivity contribution in [1.82, 2.24) is 4.90 Å². The molecular weight excluding hydrogens is 226 g/mol. The van der Waals surface area contributed by atoms with Gasteiger partial charge in [0.2, 0.25) is 0 Å². The van der Waals surface area contributed by atoms with Gasteiger partial charge in [0.25, 0.3) is 0 Å². The van der Waals surface area contributed by atoms with Crippen molar-refractivity contribution in [2.75, 3.05) is 13.1 Å². The van der Waals surface area contributed by atoms with Crippen LogP contribution in [0.4, 0.5) is 0 Å². The number of thiocarbonyl (C=S) groups is 1. The minimum atomic E-state index is -0.949. The SMILES string of the molecule is O=C(O)CCN(CCC(=O)O)C(=S)S. The molecule has 0 aromatic rings. The van der Waals surface area contributed by atoms with Gasteiger partial charge in [-0.25, -0.2) is 0 Å². The summed E-state index contributed by atoms with van der Waals surface area (Å²) in [5.41, 5.74) is 0. The molecule has 0 aromatic heterocycles. The van der Waals surface area contributed by atoms with Gasteiger partial charge in [0.05, 0.1) is 12.8 Å². The first-order valence-corrected chi connectivity index (χ1v) is 4.70. The maximum atomic E-state index is 10.3. The standard InChI is InChI=1S/C7H11NO4S2/c9-5(10)1-3-8(7(13)14)4-2-6(11)12/h1-4H2,(H,9,10)(H,11,12)(H,13,14). The van der Waals surface area contributed by atoms with Gasteiger partial charge in [-0.05, 0) is 0 Å². The van der Waals surface area contributed by atoms with Crippen molar-refractivity contribution in [3.8, 4) is 0 Å². The van der Waals surface area contributed by atoms with Gasteiger partial charge in [-0.15, -0.1) is 12.6 Å². The van der Waals surface area contributed by atoms with E-state index in [-0.39, 0.29) is 30.3 Å². The molecule has 0 amide bonds. The maximum absolute atomic E-state index is 10.3. The molecule has 0 aliphatic rings. The van der Waals surface area contributed by atoms with Crippen LogP contribution in [0, 0.1) is 0 Å². The van der Waals surface area contributed by atoms with Gasteiger partial charge in [-0.1, -0.05) is 12.2 Å². The summed E-state index contributed by atoms with van der Waals surface area (Å²) in [7, 11) is 0. The molecule has 0 heterocycles. The van der Waals surface area contributed by atoms with E-state index in [0.717, 1.165) is 0 Å². The normalized spacial score (nSPS) is 9.50. The highest BCUT2D eigenvalue weighted by atomic mass is 32.1. The van der Waals surface area contributed by atoms with Crippen LogP contribution in [0.25, 0.3) is 0 Å². The summed E-state index contributed by atoms with van der Waals surface area (Å²) < 4.78 is 0.215. The number of rotatable bonds is 6. The van der Waals surface area contributed by atoms with E-state index in [1.807, 2.05) is 0 Å². The number of carboxylic acids is 2. The molecule has 0 saturated carbocycles. The topological polar surface area (TPSA) is 77.8 Å². The zero-order chi connectivity index (χ0) is 11.1. The van der Waals surface area contributed by atoms with Crippen molar-refractivity contribution in [1.29, 1.82) is 0 Å². The van der Waals surface area contributed by atoms with Gasteiger partial charge >= 0.3 is 11.9 Å². The summed E-state index contributed by atoms with van der Waals surface area (Å²) in [5, 5.41) is 16.8. The highest BCUT2D eigenvalue weighted by Gasteiger charge is 2.10. The van der Waals surface area contributed by atoms with Crippen molar-refractivity contribution in [2.24, 2.45) is 0 Å². The lowest BCUT2D eigenvalue weighted by atomic mass is 10.3. The van der Waals surface area contributed by atoms with Crippen LogP contribution >= 0.6 is 24.8 Å². The molecule has 0 spiro atoms. The first-order chi connectivity index (χ1) is 6.43. The lowest BCUT2D eigenvalue weighted by Crippen LogP contribution is -2.30. The number of carboxylic acid groups (broad SMARTS) is 2. The smallest absolute Gasteiger partial charge is 0.305 e. The highest BCUT2D eigenvalue weighted by molar-refractivity contribution is 8.10. The van der Waals surface area contributed by atoms with Crippen molar-refractivity contribution in [3.63, 3.8) is 0 Å². The average molecular weight is 237 g/mol. The Hall–Kier alpha value is -0.820. The Balaban J connectivity index is 3.96. The molecule has 0 aromatic carbocycles. The molecule has 5 nitrogen and oxygen atoms in total. The zero-order valence-electron chi connectivity index (χ0n) is 7.34. The van der Waals surface area contributed by atoms with E-state index >= 15 is 0 Å². The first kappa shape index (κ1) is 13.2. The molecule has 0 atom stereocenters. The monoisotopic (exact) mass is 237 g/mol. The fraction of sp³-hybridized carbons (Fsp3) is 0.571. The molecule has 0 saturated heterocycles. The van der Waals surface area contributed by atoms with Crippen LogP contribution in [0.15, 0.2) is 0 Å². The molecule has 2 N–H and O–H groups in total. The van der Waals surface area contributed by atoms with Crippen LogP contribution in [0.1, 0.15) is 12.8 Å². The van der Waals surface area contributed by atoms with Gasteiger partial charge in [0, 0.05) is 13.1 Å². The van der Waals surface area contributed by atoms with E-state index in [4.69, 9.17) is 22.4 Å². The lowest BCUT2D eigenvalue weighted by Gasteiger charge is -2.20. The lowest BCUT2D eigenvalue weighted by molar-refractivity contribution is -0.137. The van der Waals surface area contributed by atoms with E-state index in [9.17, 15) is 9.59 Å². The van der Waals surface area contributed by atoms with Crippen molar-refractivity contribution < 1.29 is 19.8 Å². The zero-order valence-corrected chi connectivity index (χ0v) is 9.05. The summed E-state index contributed by atoms with van der Waals surface area (Å²) in [6.07, 6.45) is -0.166. The molecule has 0 aliphatic carbocycles. The van der Waals surface area contributed by atoms with E-state index in [0.29, 0.717) is 0 Å². The summed E-state index contributed by atoms with van der Waals surface area (Å²) in [6.45, 7) is 0.371. The Morgan fingerprint density at radius 3 is 1.71 bits per heavy atom. The second-order valence-corrected chi connectivity index (χ2v) is 3.67. The van der Waals surface area contributed by atoms with Gasteiger partial charge < -0.3 is 15.1 Å². The van der Waals surface area contributed by atoms with Crippen LogP contribution in [0.3, 0.4) is 0 Å². The molecular formula is C7H11NO4S2. The van der Waals surface area contributed by atoms with Crippen LogP contribution in [0.2, 0.25) is 0 Å². The number of hydrogen-bond donors (Lipinski definition) is 3. The number of hydrogen-bond acceptors (Lipinski definition) is 3. The molecule has 0 rings (SSSR count). The molecule has 0 fully saturated rings. The second-order valence-electron chi connectivity index (χ2n) is 2.56. The Morgan fingerprint density at radius 1 is 1.14 bits per heavy atom. The summed E-state index contributed by atoms with van der Waals surface area (Å²) >= 11 is 8.59. The predicted octanol–water partition coefficient (Wildman–Crippen LogP) is 0.452. The molecule has 7 heteroatoms. The van der Waals surface area contributed by atoms with Crippen LogP contribution in [-0.2, 0) is 9.59 Å². The van der Waals surface area contributed by atoms with E-state index in [2.05, 4.69) is 12.6 Å². The molecule has 0 aliphatic heterocycles. The largest absolute Gasteiger partial charge is 0.481 e. The minimum Gasteiger partial charge on any atom is -0.481 e. The van der Waals surface area contributed by atoms with Crippen LogP contribution in [0.5, 0.6) is 0 Å². The van der Waals surface area contributed by atoms with Crippen LogP contribution < -0.4 is 0 Å². The third-order valence-electron chi connectivity index (χ3n) is 1.46. The molecule has 14 heavy (non-hydrogen) atoms. The third kappa shape index (κ3) is 6.67. The fourth-order valence-electron chi connectivity index (χ4n) is 0.764. The number of aliphatic carboxylic acids is 2. The van der Waals surface area contributed by atoms with Crippen LogP contribution in [-0.4, -0.2) is 44.5 Å². The molecule has 0 bridgehead atoms. The number of nitrogens with zero attached hydrogens (tertiary/aromatic N) is 1. The van der Waals surface area contributed by atoms with Crippen molar-refractivity contribution in [3.05, 3.63) is 0 Å². The summed E-state index contributed by atoms with van der Waals surface area (Å²) in [5.74, 6) is -1.90. The van der Waals surface area contributed by atoms with E-state index in [1.165, 1.54) is 4.90 Å². The molecule has 80 valence electrons. The second kappa shape index (κ2) is 6.61. The fourth-order valence-corrected chi connectivity index (χ4v) is 1.15. The first-order valence-electron chi connectivity index (χ1n) is 3.85. The van der Waals surface area contributed by atoms with Gasteiger partial charge in [-0.3, -0.25) is 9.59 Å². The van der Waals surface area contributed by atoms with Gasteiger partial charge in [0.1, 0.15) is 4.32 Å². The minimum absolute atomic E-state index is 0.0830. The summed E-state index contributed by atoms with van der Waals surface area (Å²) in [6, 6.07) is 0. The molecule has 0 unspecified atom stereocenters. The Labute approximate surface area is 92.1 Å². The van der Waals surface area contributed by atoms with Gasteiger partial charge in [-0.2, -0.15) is 0 Å². The van der Waals surface area contributed by atoms with Crippen molar-refractivity contribution in [2.45, 2.75) is 12.8 Å². The van der Waals surface area contributed by atoms with E-state index in [1.54, 1.807) is 0 Å². The molecule has 0 radical (unpaired) electrons. The van der Waals surface area contributed by atoms with Gasteiger partial charge in [0.15, 0.2) is 0 Å². The Kier molecular flexibility index (Phi) is 6.22. The maximum Gasteiger partial charge on any atom is 0.305 e. The number of carbonyl (C=O) groups is 2. The quantitative estimate of drug-likeness (QED) is 0.460. The average Bonchev–Trinajstić information content (AvgIpc) is 2.02.